The molecule has 0 radical (unpaired) electrons. The van der Waals surface area contributed by atoms with E-state index >= 15 is 0 Å². The molecule has 2 aromatic rings. The maximum atomic E-state index is 13.8. The summed E-state index contributed by atoms with van der Waals surface area (Å²) in [6.45, 7) is 0. The Morgan fingerprint density at radius 1 is 0.970 bits per heavy atom. The first-order chi connectivity index (χ1) is 16.0. The molecule has 2 saturated carbocycles. The number of nitrogens with one attached hydrogen (secondary N) is 2. The average Bonchev–Trinajstić information content (AvgIpc) is 3.09. The minimum absolute atomic E-state index is 0.321. The van der Waals surface area contributed by atoms with Crippen molar-refractivity contribution in [1.82, 2.24) is 15.0 Å². The number of methoxy groups -OCH3 is 1. The monoisotopic (exact) mass is 458 g/mol. The number of benzene rings is 1. The molecule has 1 aromatic heterocycles. The second kappa shape index (κ2) is 11.0. The molecule has 180 valence electrons. The molecule has 3 N–H and O–H groups in total. The number of ether oxygens (including phenoxy) is 1. The quantitative estimate of drug-likeness (QED) is 0.395. The van der Waals surface area contributed by atoms with Gasteiger partial charge in [0.1, 0.15) is 0 Å². The molecule has 0 atom stereocenters. The van der Waals surface area contributed by atoms with E-state index in [1.807, 2.05) is 7.05 Å². The molecular formula is C24H35FN6O2. The van der Waals surface area contributed by atoms with Gasteiger partial charge in [0.05, 0.1) is 6.10 Å². The molecule has 0 saturated heterocycles. The zero-order valence-corrected chi connectivity index (χ0v) is 19.6. The number of rotatable bonds is 7. The van der Waals surface area contributed by atoms with Gasteiger partial charge in [0.25, 0.3) is 0 Å². The average molecular weight is 459 g/mol. The fourth-order valence-electron chi connectivity index (χ4n) is 4.79. The molecular weight excluding hydrogens is 423 g/mol. The normalized spacial score (nSPS) is 21.9. The van der Waals surface area contributed by atoms with Gasteiger partial charge in [-0.25, -0.2) is 4.39 Å². The summed E-state index contributed by atoms with van der Waals surface area (Å²) in [7, 11) is 3.79. The molecule has 0 aliphatic heterocycles. The van der Waals surface area contributed by atoms with E-state index in [1.165, 1.54) is 37.8 Å². The van der Waals surface area contributed by atoms with Gasteiger partial charge in [-0.3, -0.25) is 0 Å². The van der Waals surface area contributed by atoms with Gasteiger partial charge in [0.2, 0.25) is 17.8 Å². The van der Waals surface area contributed by atoms with Crippen LogP contribution in [-0.4, -0.2) is 52.4 Å². The van der Waals surface area contributed by atoms with Crippen LogP contribution in [0.1, 0.15) is 64.2 Å². The topological polar surface area (TPSA) is 95.4 Å². The smallest absolute Gasteiger partial charge is 0.233 e. The first kappa shape index (κ1) is 23.5. The highest BCUT2D eigenvalue weighted by molar-refractivity contribution is 5.57. The Hall–Kier alpha value is -2.68. The Bertz CT molecular complexity index is 914. The summed E-state index contributed by atoms with van der Waals surface area (Å²) < 4.78 is 19.4. The Morgan fingerprint density at radius 3 is 2.33 bits per heavy atom. The first-order valence-electron chi connectivity index (χ1n) is 12.1. The third-order valence-corrected chi connectivity index (χ3v) is 6.86. The Balaban J connectivity index is 1.57. The number of halogens is 1. The van der Waals surface area contributed by atoms with Crippen LogP contribution in [-0.2, 0) is 4.74 Å². The van der Waals surface area contributed by atoms with Crippen LogP contribution in [0, 0.1) is 5.82 Å². The number of aromatic hydroxyl groups is 1. The van der Waals surface area contributed by atoms with E-state index in [-0.39, 0.29) is 5.75 Å². The van der Waals surface area contributed by atoms with E-state index in [4.69, 9.17) is 9.72 Å². The molecule has 0 bridgehead atoms. The zero-order valence-electron chi connectivity index (χ0n) is 19.6. The summed E-state index contributed by atoms with van der Waals surface area (Å²) in [5.41, 5.74) is 0.464. The third-order valence-electron chi connectivity index (χ3n) is 6.86. The molecule has 8 nitrogen and oxygen atoms in total. The van der Waals surface area contributed by atoms with Crippen LogP contribution in [0.4, 0.5) is 27.9 Å². The van der Waals surface area contributed by atoms with Crippen molar-refractivity contribution in [3.63, 3.8) is 0 Å². The van der Waals surface area contributed by atoms with Gasteiger partial charge >= 0.3 is 0 Å². The van der Waals surface area contributed by atoms with E-state index in [9.17, 15) is 9.50 Å². The summed E-state index contributed by atoms with van der Waals surface area (Å²) in [6.07, 6.45) is 11.5. The summed E-state index contributed by atoms with van der Waals surface area (Å²) >= 11 is 0. The summed E-state index contributed by atoms with van der Waals surface area (Å²) in [5.74, 6) is 0.380. The summed E-state index contributed by atoms with van der Waals surface area (Å²) in [4.78, 5) is 16.1. The highest BCUT2D eigenvalue weighted by Gasteiger charge is 2.26. The highest BCUT2D eigenvalue weighted by Crippen LogP contribution is 2.28. The van der Waals surface area contributed by atoms with E-state index < -0.39 is 5.82 Å². The van der Waals surface area contributed by atoms with Crippen molar-refractivity contribution in [3.8, 4) is 5.75 Å². The largest absolute Gasteiger partial charge is 0.505 e. The molecule has 4 rings (SSSR count). The van der Waals surface area contributed by atoms with Gasteiger partial charge in [-0.1, -0.05) is 25.7 Å². The number of nitrogens with zero attached hydrogens (tertiary/aromatic N) is 4. The van der Waals surface area contributed by atoms with E-state index in [2.05, 4.69) is 25.5 Å². The fraction of sp³-hybridized carbons (Fsp3) is 0.625. The molecule has 1 heterocycles. The van der Waals surface area contributed by atoms with Crippen molar-refractivity contribution in [1.29, 1.82) is 0 Å². The Morgan fingerprint density at radius 2 is 1.67 bits per heavy atom. The molecule has 33 heavy (non-hydrogen) atoms. The van der Waals surface area contributed by atoms with Crippen molar-refractivity contribution >= 4 is 23.5 Å². The molecule has 2 aliphatic carbocycles. The highest BCUT2D eigenvalue weighted by atomic mass is 19.1. The maximum absolute atomic E-state index is 13.8. The molecule has 0 amide bonds. The molecule has 0 spiro atoms. The van der Waals surface area contributed by atoms with Crippen molar-refractivity contribution in [3.05, 3.63) is 24.0 Å². The van der Waals surface area contributed by atoms with Gasteiger partial charge in [-0.15, -0.1) is 0 Å². The molecule has 1 aromatic carbocycles. The van der Waals surface area contributed by atoms with Gasteiger partial charge in [0.15, 0.2) is 11.6 Å². The standard InChI is InChI=1S/C24H35FN6O2/c1-31(18-10-12-19(33-2)13-11-18)24-29-22(26-16-7-5-3-4-6-8-16)28-23(30-24)27-17-9-14-21(32)20(25)15-17/h9,14-16,18-19,32H,3-8,10-13H2,1-2H3,(H2,26,27,28,29,30). The lowest BCUT2D eigenvalue weighted by Crippen LogP contribution is -2.38. The van der Waals surface area contributed by atoms with Crippen LogP contribution < -0.4 is 15.5 Å². The van der Waals surface area contributed by atoms with E-state index in [0.29, 0.717) is 41.7 Å². The Labute approximate surface area is 195 Å². The molecule has 0 unspecified atom stereocenters. The van der Waals surface area contributed by atoms with Crippen LogP contribution >= 0.6 is 0 Å². The van der Waals surface area contributed by atoms with E-state index in [0.717, 1.165) is 38.5 Å². The minimum atomic E-state index is -0.696. The molecule has 2 aliphatic rings. The second-order valence-corrected chi connectivity index (χ2v) is 9.18. The van der Waals surface area contributed by atoms with Crippen molar-refractivity contribution in [2.45, 2.75) is 82.4 Å². The van der Waals surface area contributed by atoms with Crippen LogP contribution in [0.25, 0.3) is 0 Å². The van der Waals surface area contributed by atoms with Gasteiger partial charge in [-0.05, 0) is 50.7 Å². The maximum Gasteiger partial charge on any atom is 0.233 e. The minimum Gasteiger partial charge on any atom is -0.505 e. The van der Waals surface area contributed by atoms with Crippen LogP contribution in [0.15, 0.2) is 18.2 Å². The van der Waals surface area contributed by atoms with Crippen LogP contribution in [0.2, 0.25) is 0 Å². The van der Waals surface area contributed by atoms with Gasteiger partial charge < -0.3 is 25.4 Å². The number of phenols is 1. The SMILES string of the molecule is COC1CCC(N(C)c2nc(Nc3ccc(O)c(F)c3)nc(NC3CCCCCC3)n2)CC1. The number of anilines is 4. The van der Waals surface area contributed by atoms with Crippen LogP contribution in [0.5, 0.6) is 5.75 Å². The lowest BCUT2D eigenvalue weighted by molar-refractivity contribution is 0.0659. The van der Waals surface area contributed by atoms with Crippen molar-refractivity contribution < 1.29 is 14.2 Å². The number of phenolic OH excluding ortho intramolecular Hbond substituents is 1. The van der Waals surface area contributed by atoms with Crippen molar-refractivity contribution in [2.75, 3.05) is 29.7 Å². The lowest BCUT2D eigenvalue weighted by Gasteiger charge is -2.34. The summed E-state index contributed by atoms with van der Waals surface area (Å²) in [6, 6.07) is 4.79. The van der Waals surface area contributed by atoms with Gasteiger partial charge in [-0.2, -0.15) is 15.0 Å². The molecule has 2 fully saturated rings. The Kier molecular flexibility index (Phi) is 7.80. The zero-order chi connectivity index (χ0) is 23.2. The number of hydrogen-bond acceptors (Lipinski definition) is 8. The van der Waals surface area contributed by atoms with E-state index in [1.54, 1.807) is 13.2 Å². The molecule has 9 heteroatoms. The fourth-order valence-corrected chi connectivity index (χ4v) is 4.79. The second-order valence-electron chi connectivity index (χ2n) is 9.18. The summed E-state index contributed by atoms with van der Waals surface area (Å²) in [5, 5.41) is 16.1. The van der Waals surface area contributed by atoms with Crippen molar-refractivity contribution in [2.24, 2.45) is 0 Å². The third kappa shape index (κ3) is 6.22. The van der Waals surface area contributed by atoms with Gasteiger partial charge in [0, 0.05) is 38.0 Å². The van der Waals surface area contributed by atoms with Crippen LogP contribution in [0.3, 0.4) is 0 Å². The first-order valence-corrected chi connectivity index (χ1v) is 12.1. The number of aromatic nitrogens is 3. The lowest BCUT2D eigenvalue weighted by atomic mass is 9.92. The predicted molar refractivity (Wildman–Crippen MR) is 128 cm³/mol. The number of hydrogen-bond donors (Lipinski definition) is 3. The predicted octanol–water partition coefficient (Wildman–Crippen LogP) is 4.99.